The summed E-state index contributed by atoms with van der Waals surface area (Å²) in [7, 11) is -3.85. The van der Waals surface area contributed by atoms with Crippen LogP contribution in [0.1, 0.15) is 44.0 Å². The highest BCUT2D eigenvalue weighted by atomic mass is 35.5. The van der Waals surface area contributed by atoms with Crippen molar-refractivity contribution < 1.29 is 17.9 Å². The molecule has 6 nitrogen and oxygen atoms in total. The highest BCUT2D eigenvalue weighted by Crippen LogP contribution is 2.26. The molecule has 0 unspecified atom stereocenters. The van der Waals surface area contributed by atoms with Gasteiger partial charge in [-0.1, -0.05) is 29.8 Å². The summed E-state index contributed by atoms with van der Waals surface area (Å²) in [4.78, 5) is 14.7. The fraction of sp³-hybridized carbons (Fsp3) is 0.435. The van der Waals surface area contributed by atoms with E-state index in [1.54, 1.807) is 31.7 Å². The first-order valence-corrected chi connectivity index (χ1v) is 12.2. The number of carbonyl (C=O) groups excluding carboxylic acids is 1. The van der Waals surface area contributed by atoms with Crippen LogP contribution in [0.4, 0.5) is 0 Å². The van der Waals surface area contributed by atoms with E-state index in [2.05, 4.69) is 4.72 Å². The fourth-order valence-corrected chi connectivity index (χ4v) is 5.46. The number of nitrogens with zero attached hydrogens (tertiary/aromatic N) is 1. The summed E-state index contributed by atoms with van der Waals surface area (Å²) in [6, 6.07) is 14.1. The predicted molar refractivity (Wildman–Crippen MR) is 122 cm³/mol. The zero-order valence-corrected chi connectivity index (χ0v) is 19.7. The molecule has 1 heterocycles. The molecule has 0 aliphatic carbocycles. The number of hydrogen-bond donors (Lipinski definition) is 1. The van der Waals surface area contributed by atoms with Gasteiger partial charge in [-0.3, -0.25) is 4.79 Å². The second-order valence-electron chi connectivity index (χ2n) is 8.86. The zero-order chi connectivity index (χ0) is 22.6. The van der Waals surface area contributed by atoms with Crippen molar-refractivity contribution in [1.29, 1.82) is 0 Å². The van der Waals surface area contributed by atoms with Gasteiger partial charge in [0.15, 0.2) is 0 Å². The van der Waals surface area contributed by atoms with Gasteiger partial charge in [0.2, 0.25) is 10.0 Å². The zero-order valence-electron chi connectivity index (χ0n) is 18.1. The van der Waals surface area contributed by atoms with Gasteiger partial charge in [0.25, 0.3) is 5.91 Å². The Morgan fingerprint density at radius 3 is 2.39 bits per heavy atom. The number of nitrogens with one attached hydrogen (secondary N) is 1. The maximum atomic E-state index is 13.0. The van der Waals surface area contributed by atoms with Crippen LogP contribution in [0, 0.1) is 5.92 Å². The molecule has 0 radical (unpaired) electrons. The summed E-state index contributed by atoms with van der Waals surface area (Å²) in [6.07, 6.45) is 1.67. The molecule has 8 heteroatoms. The molecule has 1 aliphatic rings. The average molecular weight is 465 g/mol. The van der Waals surface area contributed by atoms with E-state index in [1.165, 1.54) is 12.1 Å². The molecule has 2 aromatic carbocycles. The van der Waals surface area contributed by atoms with E-state index in [0.29, 0.717) is 31.2 Å². The van der Waals surface area contributed by atoms with Crippen LogP contribution in [0.2, 0.25) is 5.02 Å². The molecule has 3 rings (SSSR count). The van der Waals surface area contributed by atoms with Crippen LogP contribution in [0.25, 0.3) is 0 Å². The van der Waals surface area contributed by atoms with Gasteiger partial charge in [0.1, 0.15) is 10.6 Å². The van der Waals surface area contributed by atoms with Crippen LogP contribution in [0.15, 0.2) is 53.4 Å². The van der Waals surface area contributed by atoms with Gasteiger partial charge in [-0.15, -0.1) is 0 Å². The molecule has 1 fully saturated rings. The minimum atomic E-state index is -3.85. The van der Waals surface area contributed by atoms with E-state index < -0.39 is 15.6 Å². The van der Waals surface area contributed by atoms with E-state index in [1.807, 2.05) is 30.3 Å². The predicted octanol–water partition coefficient (Wildman–Crippen LogP) is 4.35. The van der Waals surface area contributed by atoms with Crippen molar-refractivity contribution in [2.24, 2.45) is 5.92 Å². The average Bonchev–Trinajstić information content (AvgIpc) is 2.71. The normalized spacial score (nSPS) is 15.7. The molecule has 1 saturated heterocycles. The maximum absolute atomic E-state index is 13.0. The first kappa shape index (κ1) is 23.6. The van der Waals surface area contributed by atoms with E-state index in [4.69, 9.17) is 16.3 Å². The summed E-state index contributed by atoms with van der Waals surface area (Å²) in [5, 5.41) is 0.0880. The van der Waals surface area contributed by atoms with Crippen molar-refractivity contribution in [3.8, 4) is 5.75 Å². The number of amides is 1. The molecular formula is C23H29ClN2O4S. The standard InChI is InChI=1S/C23H29ClN2O4S/c1-23(2,3)25-31(28,29)21-15-18(9-10-20(21)24)22(27)26-13-11-17(12-14-26)16-30-19-7-5-4-6-8-19/h4-10,15,17,25H,11-14,16H2,1-3H3. The van der Waals surface area contributed by atoms with Crippen molar-refractivity contribution in [3.05, 3.63) is 59.1 Å². The number of piperidine rings is 1. The molecule has 31 heavy (non-hydrogen) atoms. The first-order valence-electron chi connectivity index (χ1n) is 10.4. The Bertz CT molecular complexity index is 1010. The second kappa shape index (κ2) is 9.59. The quantitative estimate of drug-likeness (QED) is 0.689. The lowest BCUT2D eigenvalue weighted by molar-refractivity contribution is 0.0661. The van der Waals surface area contributed by atoms with Gasteiger partial charge >= 0.3 is 0 Å². The van der Waals surface area contributed by atoms with Gasteiger partial charge in [0, 0.05) is 24.2 Å². The van der Waals surface area contributed by atoms with Crippen LogP contribution >= 0.6 is 11.6 Å². The molecule has 168 valence electrons. The van der Waals surface area contributed by atoms with Crippen molar-refractivity contribution in [2.45, 2.75) is 44.0 Å². The monoisotopic (exact) mass is 464 g/mol. The van der Waals surface area contributed by atoms with Gasteiger partial charge in [0.05, 0.1) is 11.6 Å². The number of halogens is 1. The van der Waals surface area contributed by atoms with Gasteiger partial charge in [-0.25, -0.2) is 13.1 Å². The molecular weight excluding hydrogens is 436 g/mol. The smallest absolute Gasteiger partial charge is 0.253 e. The Morgan fingerprint density at radius 2 is 1.77 bits per heavy atom. The Kier molecular flexibility index (Phi) is 7.29. The van der Waals surface area contributed by atoms with Crippen LogP contribution in [0.3, 0.4) is 0 Å². The third kappa shape index (κ3) is 6.45. The summed E-state index contributed by atoms with van der Waals surface area (Å²) in [5.74, 6) is 1.03. The number of benzene rings is 2. The largest absolute Gasteiger partial charge is 0.493 e. The van der Waals surface area contributed by atoms with E-state index in [0.717, 1.165) is 18.6 Å². The summed E-state index contributed by atoms with van der Waals surface area (Å²) < 4.78 is 33.9. The number of likely N-dealkylation sites (tertiary alicyclic amines) is 1. The Balaban J connectivity index is 1.63. The lowest BCUT2D eigenvalue weighted by atomic mass is 9.97. The van der Waals surface area contributed by atoms with E-state index in [-0.39, 0.29) is 15.8 Å². The number of carbonyl (C=O) groups is 1. The number of ether oxygens (including phenoxy) is 1. The first-order chi connectivity index (χ1) is 14.5. The van der Waals surface area contributed by atoms with Gasteiger partial charge < -0.3 is 9.64 Å². The van der Waals surface area contributed by atoms with Crippen LogP contribution in [0.5, 0.6) is 5.75 Å². The third-order valence-electron chi connectivity index (χ3n) is 5.04. The topological polar surface area (TPSA) is 75.7 Å². The summed E-state index contributed by atoms with van der Waals surface area (Å²) in [6.45, 7) is 7.07. The number of rotatable bonds is 6. The lowest BCUT2D eigenvalue weighted by Gasteiger charge is -2.32. The Labute approximate surface area is 189 Å². The number of hydrogen-bond acceptors (Lipinski definition) is 4. The second-order valence-corrected chi connectivity index (χ2v) is 10.9. The molecule has 0 spiro atoms. The molecule has 0 atom stereocenters. The molecule has 2 aromatic rings. The van der Waals surface area contributed by atoms with Crippen molar-refractivity contribution in [3.63, 3.8) is 0 Å². The number of para-hydroxylation sites is 1. The maximum Gasteiger partial charge on any atom is 0.253 e. The molecule has 0 saturated carbocycles. The fourth-order valence-electron chi connectivity index (χ4n) is 3.52. The van der Waals surface area contributed by atoms with Crippen LogP contribution < -0.4 is 9.46 Å². The van der Waals surface area contributed by atoms with Crippen LogP contribution in [-0.2, 0) is 10.0 Å². The highest BCUT2D eigenvalue weighted by Gasteiger charge is 2.28. The van der Waals surface area contributed by atoms with Gasteiger partial charge in [-0.2, -0.15) is 0 Å². The SMILES string of the molecule is CC(C)(C)NS(=O)(=O)c1cc(C(=O)N2CCC(COc3ccccc3)CC2)ccc1Cl. The molecule has 1 aliphatic heterocycles. The van der Waals surface area contributed by atoms with E-state index in [9.17, 15) is 13.2 Å². The van der Waals surface area contributed by atoms with Gasteiger partial charge in [-0.05, 0) is 69.9 Å². The summed E-state index contributed by atoms with van der Waals surface area (Å²) >= 11 is 6.15. The third-order valence-corrected chi connectivity index (χ3v) is 7.28. The molecule has 0 aromatic heterocycles. The molecule has 1 amide bonds. The molecule has 0 bridgehead atoms. The minimum Gasteiger partial charge on any atom is -0.493 e. The number of sulfonamides is 1. The van der Waals surface area contributed by atoms with Crippen molar-refractivity contribution in [1.82, 2.24) is 9.62 Å². The van der Waals surface area contributed by atoms with Crippen molar-refractivity contribution in [2.75, 3.05) is 19.7 Å². The van der Waals surface area contributed by atoms with Crippen LogP contribution in [-0.4, -0.2) is 44.5 Å². The summed E-state index contributed by atoms with van der Waals surface area (Å²) in [5.41, 5.74) is -0.344. The van der Waals surface area contributed by atoms with E-state index >= 15 is 0 Å². The molecule has 1 N–H and O–H groups in total. The minimum absolute atomic E-state index is 0.0823. The van der Waals surface area contributed by atoms with Crippen molar-refractivity contribution >= 4 is 27.5 Å². The highest BCUT2D eigenvalue weighted by molar-refractivity contribution is 7.89. The Morgan fingerprint density at radius 1 is 1.13 bits per heavy atom. The Hall–Kier alpha value is -2.09. The lowest BCUT2D eigenvalue weighted by Crippen LogP contribution is -2.41.